The molecule has 0 bridgehead atoms. The lowest BCUT2D eigenvalue weighted by atomic mass is 10.0. The number of hydrogen-bond donors (Lipinski definition) is 0. The fourth-order valence-corrected chi connectivity index (χ4v) is 4.22. The molecular formula is C24H23ClFN5O. The van der Waals surface area contributed by atoms with Gasteiger partial charge in [0.05, 0.1) is 18.3 Å². The summed E-state index contributed by atoms with van der Waals surface area (Å²) in [6.45, 7) is 5.86. The van der Waals surface area contributed by atoms with Crippen molar-refractivity contribution in [3.05, 3.63) is 70.4 Å². The van der Waals surface area contributed by atoms with Crippen molar-refractivity contribution >= 4 is 28.3 Å². The van der Waals surface area contributed by atoms with Gasteiger partial charge in [-0.15, -0.1) is 0 Å². The van der Waals surface area contributed by atoms with Crippen LogP contribution in [-0.2, 0) is 11.8 Å². The number of pyridine rings is 2. The molecule has 1 aliphatic rings. The van der Waals surface area contributed by atoms with Gasteiger partial charge in [-0.2, -0.15) is 5.10 Å². The first-order valence-corrected chi connectivity index (χ1v) is 10.9. The number of hydrogen-bond acceptors (Lipinski definition) is 5. The molecule has 0 saturated carbocycles. The maximum atomic E-state index is 14.9. The van der Waals surface area contributed by atoms with E-state index in [0.717, 1.165) is 28.0 Å². The summed E-state index contributed by atoms with van der Waals surface area (Å²) in [6, 6.07) is 8.76. The predicted molar refractivity (Wildman–Crippen MR) is 124 cm³/mol. The lowest BCUT2D eigenvalue weighted by Crippen LogP contribution is -2.38. The first kappa shape index (κ1) is 20.8. The van der Waals surface area contributed by atoms with E-state index >= 15 is 0 Å². The molecule has 0 spiro atoms. The minimum Gasteiger partial charge on any atom is -0.370 e. The Morgan fingerprint density at radius 1 is 1.16 bits per heavy atom. The molecule has 1 fully saturated rings. The number of morpholine rings is 1. The van der Waals surface area contributed by atoms with Crippen molar-refractivity contribution in [1.82, 2.24) is 19.7 Å². The van der Waals surface area contributed by atoms with Gasteiger partial charge in [-0.1, -0.05) is 11.6 Å². The van der Waals surface area contributed by atoms with Crippen molar-refractivity contribution in [2.24, 2.45) is 7.05 Å². The minimum absolute atomic E-state index is 0.108. The highest BCUT2D eigenvalue weighted by Gasteiger charge is 2.25. The van der Waals surface area contributed by atoms with E-state index < -0.39 is 5.82 Å². The van der Waals surface area contributed by atoms with Gasteiger partial charge in [0.2, 0.25) is 0 Å². The second kappa shape index (κ2) is 8.15. The summed E-state index contributed by atoms with van der Waals surface area (Å²) in [5, 5.41) is 5.53. The number of nitrogens with zero attached hydrogens (tertiary/aromatic N) is 5. The van der Waals surface area contributed by atoms with E-state index in [1.54, 1.807) is 16.8 Å². The SMILES string of the molecule is Cc1cc2cc(N3CCO[C@H](c4cnn(C)c4)C3)nc(-c3ccc(Cl)cc3F)c2nc1C. The van der Waals surface area contributed by atoms with Crippen LogP contribution in [0, 0.1) is 19.7 Å². The number of halogens is 2. The zero-order chi connectivity index (χ0) is 22.4. The summed E-state index contributed by atoms with van der Waals surface area (Å²) in [4.78, 5) is 11.8. The number of aromatic nitrogens is 4. The van der Waals surface area contributed by atoms with E-state index in [0.29, 0.717) is 41.5 Å². The van der Waals surface area contributed by atoms with Crippen LogP contribution in [0.4, 0.5) is 10.2 Å². The number of rotatable bonds is 3. The largest absolute Gasteiger partial charge is 0.370 e. The Bertz CT molecular complexity index is 1320. The smallest absolute Gasteiger partial charge is 0.134 e. The molecule has 4 aromatic rings. The van der Waals surface area contributed by atoms with Gasteiger partial charge in [0.15, 0.2) is 0 Å². The molecule has 1 atom stereocenters. The molecule has 1 aliphatic heterocycles. The first-order chi connectivity index (χ1) is 15.4. The highest BCUT2D eigenvalue weighted by molar-refractivity contribution is 6.30. The third kappa shape index (κ3) is 3.82. The molecule has 8 heteroatoms. The van der Waals surface area contributed by atoms with E-state index in [2.05, 4.69) is 16.1 Å². The molecule has 0 amide bonds. The van der Waals surface area contributed by atoms with Crippen LogP contribution in [0.5, 0.6) is 0 Å². The summed E-state index contributed by atoms with van der Waals surface area (Å²) in [6.07, 6.45) is 3.68. The molecule has 3 aromatic heterocycles. The van der Waals surface area contributed by atoms with E-state index in [1.165, 1.54) is 6.07 Å². The molecule has 0 N–H and O–H groups in total. The lowest BCUT2D eigenvalue weighted by Gasteiger charge is -2.33. The fraction of sp³-hybridized carbons (Fsp3) is 0.292. The van der Waals surface area contributed by atoms with Crippen LogP contribution >= 0.6 is 11.6 Å². The molecule has 32 heavy (non-hydrogen) atoms. The van der Waals surface area contributed by atoms with Crippen molar-refractivity contribution in [2.75, 3.05) is 24.6 Å². The van der Waals surface area contributed by atoms with E-state index in [1.807, 2.05) is 39.4 Å². The molecule has 1 aromatic carbocycles. The Balaban J connectivity index is 1.62. The van der Waals surface area contributed by atoms with Gasteiger partial charge in [0.25, 0.3) is 0 Å². The zero-order valence-electron chi connectivity index (χ0n) is 18.1. The molecular weight excluding hydrogens is 429 g/mol. The van der Waals surface area contributed by atoms with Crippen LogP contribution < -0.4 is 4.90 Å². The van der Waals surface area contributed by atoms with Gasteiger partial charge >= 0.3 is 0 Å². The standard InChI is InChI=1S/C24H23ClFN5O/c1-14-8-16-9-22(31-6-7-32-21(13-31)17-11-27-30(3)12-17)29-24(23(16)28-15(14)2)19-5-4-18(25)10-20(19)26/h4-5,8-12,21H,6-7,13H2,1-3H3/t21-/m0/s1. The molecule has 0 radical (unpaired) electrons. The zero-order valence-corrected chi connectivity index (χ0v) is 18.9. The maximum Gasteiger partial charge on any atom is 0.134 e. The van der Waals surface area contributed by atoms with Crippen molar-refractivity contribution in [1.29, 1.82) is 0 Å². The quantitative estimate of drug-likeness (QED) is 0.438. The number of aryl methyl sites for hydroxylation is 3. The average Bonchev–Trinajstić information content (AvgIpc) is 3.21. The summed E-state index contributed by atoms with van der Waals surface area (Å²) in [7, 11) is 1.89. The number of anilines is 1. The van der Waals surface area contributed by atoms with Crippen LogP contribution in [0.1, 0.15) is 22.9 Å². The Labute approximate surface area is 190 Å². The molecule has 0 aliphatic carbocycles. The topological polar surface area (TPSA) is 56.1 Å². The van der Waals surface area contributed by atoms with Gasteiger partial charge < -0.3 is 9.64 Å². The fourth-order valence-electron chi connectivity index (χ4n) is 4.06. The summed E-state index contributed by atoms with van der Waals surface area (Å²) < 4.78 is 22.7. The van der Waals surface area contributed by atoms with Gasteiger partial charge in [-0.3, -0.25) is 9.67 Å². The van der Waals surface area contributed by atoms with Crippen molar-refractivity contribution < 1.29 is 9.13 Å². The lowest BCUT2D eigenvalue weighted by molar-refractivity contribution is 0.0395. The Kier molecular flexibility index (Phi) is 5.31. The average molecular weight is 452 g/mol. The molecule has 0 unspecified atom stereocenters. The van der Waals surface area contributed by atoms with Gasteiger partial charge in [0.1, 0.15) is 23.4 Å². The van der Waals surface area contributed by atoms with Gasteiger partial charge in [-0.25, -0.2) is 9.37 Å². The normalized spacial score (nSPS) is 16.7. The first-order valence-electron chi connectivity index (χ1n) is 10.5. The molecule has 6 nitrogen and oxygen atoms in total. The maximum absolute atomic E-state index is 14.9. The number of benzene rings is 1. The predicted octanol–water partition coefficient (Wildman–Crippen LogP) is 5.02. The highest BCUT2D eigenvalue weighted by atomic mass is 35.5. The summed E-state index contributed by atoms with van der Waals surface area (Å²) >= 11 is 5.99. The Morgan fingerprint density at radius 3 is 2.75 bits per heavy atom. The van der Waals surface area contributed by atoms with Crippen LogP contribution in [0.3, 0.4) is 0 Å². The van der Waals surface area contributed by atoms with E-state index in [9.17, 15) is 4.39 Å². The summed E-state index contributed by atoms with van der Waals surface area (Å²) in [5.74, 6) is 0.350. The molecule has 5 rings (SSSR count). The third-order valence-electron chi connectivity index (χ3n) is 5.90. The van der Waals surface area contributed by atoms with Crippen molar-refractivity contribution in [3.8, 4) is 11.3 Å². The van der Waals surface area contributed by atoms with Crippen LogP contribution in [-0.4, -0.2) is 39.4 Å². The van der Waals surface area contributed by atoms with Gasteiger partial charge in [0, 0.05) is 53.6 Å². The highest BCUT2D eigenvalue weighted by Crippen LogP contribution is 2.34. The Hall–Kier alpha value is -3.03. The van der Waals surface area contributed by atoms with Crippen molar-refractivity contribution in [3.63, 3.8) is 0 Å². The van der Waals surface area contributed by atoms with Crippen molar-refractivity contribution in [2.45, 2.75) is 20.0 Å². The second-order valence-corrected chi connectivity index (χ2v) is 8.60. The van der Waals surface area contributed by atoms with Gasteiger partial charge in [-0.05, 0) is 49.7 Å². The van der Waals surface area contributed by atoms with Crippen LogP contribution in [0.2, 0.25) is 5.02 Å². The Morgan fingerprint density at radius 2 is 2.00 bits per heavy atom. The monoisotopic (exact) mass is 451 g/mol. The third-order valence-corrected chi connectivity index (χ3v) is 6.14. The molecule has 164 valence electrons. The van der Waals surface area contributed by atoms with E-state index in [4.69, 9.17) is 26.3 Å². The summed E-state index contributed by atoms with van der Waals surface area (Å²) in [5.41, 5.74) is 4.57. The minimum atomic E-state index is -0.418. The van der Waals surface area contributed by atoms with Crippen LogP contribution in [0.25, 0.3) is 22.2 Å². The van der Waals surface area contributed by atoms with Crippen LogP contribution in [0.15, 0.2) is 42.7 Å². The number of fused-ring (bicyclic) bond motifs is 1. The molecule has 1 saturated heterocycles. The second-order valence-electron chi connectivity index (χ2n) is 8.17. The molecule has 4 heterocycles. The van der Waals surface area contributed by atoms with E-state index in [-0.39, 0.29) is 6.10 Å². The number of ether oxygens (including phenoxy) is 1.